The number of amides is 1. The lowest BCUT2D eigenvalue weighted by Gasteiger charge is -2.31. The maximum atomic E-state index is 13.7. The van der Waals surface area contributed by atoms with Crippen LogP contribution >= 0.6 is 0 Å². The molecule has 0 radical (unpaired) electrons. The van der Waals surface area contributed by atoms with Crippen molar-refractivity contribution in [2.24, 2.45) is 5.92 Å². The standard InChI is InChI=1S/C20H25F8NO2Si/c1-4-32(2,3)15-11-8-10-14(13-15)9-6-5-7-12-29-17(30)16(19(22,23)24)18(21,31-28)20(25,26)27/h4,8,10-11,13,16H,1,5-7,9,12H2,2-3H3,(H,29,30). The number of carbonyl (C=O) groups is 1. The Morgan fingerprint density at radius 1 is 1.12 bits per heavy atom. The molecule has 1 N–H and O–H groups in total. The summed E-state index contributed by atoms with van der Waals surface area (Å²) in [5.74, 6) is -12.6. The van der Waals surface area contributed by atoms with Gasteiger partial charge in [-0.1, -0.05) is 54.7 Å². The average Bonchev–Trinajstić information content (AvgIpc) is 2.68. The molecule has 0 saturated carbocycles. The maximum absolute atomic E-state index is 13.7. The van der Waals surface area contributed by atoms with Gasteiger partial charge in [-0.2, -0.15) is 30.7 Å². The molecule has 2 atom stereocenters. The molecule has 1 aromatic carbocycles. The van der Waals surface area contributed by atoms with Crippen LogP contribution in [0.2, 0.25) is 13.1 Å². The van der Waals surface area contributed by atoms with E-state index in [0.29, 0.717) is 19.3 Å². The third-order valence-corrected chi connectivity index (χ3v) is 7.90. The number of rotatable bonds is 11. The number of aryl methyl sites for hydroxylation is 1. The van der Waals surface area contributed by atoms with Crippen LogP contribution in [0.1, 0.15) is 24.8 Å². The lowest BCUT2D eigenvalue weighted by atomic mass is 9.97. The van der Waals surface area contributed by atoms with Crippen molar-refractivity contribution in [2.45, 2.75) is 57.0 Å². The van der Waals surface area contributed by atoms with Crippen molar-refractivity contribution in [3.63, 3.8) is 0 Å². The fraction of sp³-hybridized carbons (Fsp3) is 0.550. The van der Waals surface area contributed by atoms with E-state index < -0.39 is 44.7 Å². The fourth-order valence-electron chi connectivity index (χ4n) is 2.97. The normalized spacial score (nSPS) is 15.7. The lowest BCUT2D eigenvalue weighted by Crippen LogP contribution is -2.59. The summed E-state index contributed by atoms with van der Waals surface area (Å²) in [4.78, 5) is 13.6. The van der Waals surface area contributed by atoms with Gasteiger partial charge in [0.15, 0.2) is 0 Å². The minimum absolute atomic E-state index is 0.130. The van der Waals surface area contributed by atoms with Crippen LogP contribution in [0, 0.1) is 5.92 Å². The first-order valence-corrected chi connectivity index (χ1v) is 12.8. The molecule has 0 aliphatic carbocycles. The number of halogens is 8. The molecule has 12 heteroatoms. The predicted octanol–water partition coefficient (Wildman–Crippen LogP) is 5.46. The van der Waals surface area contributed by atoms with Gasteiger partial charge in [-0.05, 0) is 29.4 Å². The van der Waals surface area contributed by atoms with Crippen molar-refractivity contribution in [3.05, 3.63) is 42.1 Å². The van der Waals surface area contributed by atoms with Crippen molar-refractivity contribution in [3.8, 4) is 0 Å². The van der Waals surface area contributed by atoms with Gasteiger partial charge in [-0.25, -0.2) is 0 Å². The molecule has 1 rings (SSSR count). The predicted molar refractivity (Wildman–Crippen MR) is 106 cm³/mol. The van der Waals surface area contributed by atoms with E-state index in [1.165, 1.54) is 5.19 Å². The number of hydrogen-bond acceptors (Lipinski definition) is 2. The Labute approximate surface area is 181 Å². The van der Waals surface area contributed by atoms with Crippen molar-refractivity contribution in [1.82, 2.24) is 5.32 Å². The van der Waals surface area contributed by atoms with Gasteiger partial charge in [0.2, 0.25) is 11.8 Å². The number of carbonyl (C=O) groups excluding carboxylic acids is 1. The van der Waals surface area contributed by atoms with Gasteiger partial charge >= 0.3 is 18.2 Å². The minimum atomic E-state index is -6.42. The third kappa shape index (κ3) is 7.02. The van der Waals surface area contributed by atoms with Crippen LogP contribution < -0.4 is 10.5 Å². The van der Waals surface area contributed by atoms with Crippen molar-refractivity contribution in [1.29, 1.82) is 0 Å². The van der Waals surface area contributed by atoms with Gasteiger partial charge in [-0.15, -0.1) is 11.5 Å². The van der Waals surface area contributed by atoms with Crippen LogP contribution in [0.5, 0.6) is 0 Å². The molecule has 0 aliphatic rings. The molecule has 0 aliphatic heterocycles. The van der Waals surface area contributed by atoms with Crippen LogP contribution in [0.25, 0.3) is 0 Å². The molecule has 32 heavy (non-hydrogen) atoms. The molecule has 2 unspecified atom stereocenters. The number of alkyl halides is 7. The summed E-state index contributed by atoms with van der Waals surface area (Å²) < 4.78 is 102. The smallest absolute Gasteiger partial charge is 0.355 e. The molecule has 0 aromatic heterocycles. The zero-order valence-electron chi connectivity index (χ0n) is 17.5. The highest BCUT2D eigenvalue weighted by Crippen LogP contribution is 2.47. The highest BCUT2D eigenvalue weighted by molar-refractivity contribution is 6.93. The first kappa shape index (κ1) is 28.1. The van der Waals surface area contributed by atoms with Gasteiger partial charge in [-0.3, -0.25) is 4.79 Å². The molecule has 0 heterocycles. The first-order chi connectivity index (χ1) is 14.6. The summed E-state index contributed by atoms with van der Waals surface area (Å²) in [5.41, 5.74) is 2.99. The Morgan fingerprint density at radius 3 is 2.25 bits per heavy atom. The van der Waals surface area contributed by atoms with Crippen LogP contribution in [-0.4, -0.2) is 38.7 Å². The number of benzene rings is 1. The van der Waals surface area contributed by atoms with Crippen molar-refractivity contribution < 1.29 is 45.0 Å². The zero-order chi connectivity index (χ0) is 24.8. The second-order valence-corrected chi connectivity index (χ2v) is 12.4. The largest absolute Gasteiger partial charge is 0.452 e. The Balaban J connectivity index is 2.62. The Morgan fingerprint density at radius 2 is 1.75 bits per heavy atom. The minimum Gasteiger partial charge on any atom is -0.355 e. The zero-order valence-corrected chi connectivity index (χ0v) is 18.5. The van der Waals surface area contributed by atoms with Crippen LogP contribution in [-0.2, 0) is 16.2 Å². The van der Waals surface area contributed by atoms with Gasteiger partial charge in [0.05, 0.1) is 0 Å². The summed E-state index contributed by atoms with van der Waals surface area (Å²) in [7, 11) is -1.74. The number of unbranched alkanes of at least 4 members (excludes halogenated alkanes) is 2. The van der Waals surface area contributed by atoms with Crippen LogP contribution in [0.15, 0.2) is 36.5 Å². The maximum Gasteiger partial charge on any atom is 0.452 e. The summed E-state index contributed by atoms with van der Waals surface area (Å²) in [6.45, 7) is 7.68. The van der Waals surface area contributed by atoms with E-state index in [1.807, 2.05) is 28.8 Å². The number of nitrogens with one attached hydrogen (secondary N) is 1. The van der Waals surface area contributed by atoms with E-state index in [2.05, 4.69) is 25.7 Å². The molecule has 0 saturated heterocycles. The fourth-order valence-corrected chi connectivity index (χ4v) is 4.29. The molecule has 0 fully saturated rings. The average molecular weight is 491 g/mol. The van der Waals surface area contributed by atoms with E-state index in [0.717, 1.165) is 5.56 Å². The van der Waals surface area contributed by atoms with E-state index in [-0.39, 0.29) is 6.42 Å². The summed E-state index contributed by atoms with van der Waals surface area (Å²) in [6, 6.07) is 7.90. The van der Waals surface area contributed by atoms with Crippen molar-refractivity contribution >= 4 is 19.2 Å². The molecule has 1 aromatic rings. The Kier molecular flexibility index (Phi) is 9.46. The lowest BCUT2D eigenvalue weighted by molar-refractivity contribution is -0.435. The van der Waals surface area contributed by atoms with Crippen LogP contribution in [0.3, 0.4) is 0 Å². The van der Waals surface area contributed by atoms with Crippen molar-refractivity contribution in [2.75, 3.05) is 6.54 Å². The summed E-state index contributed by atoms with van der Waals surface area (Å²) in [6.07, 6.45) is -10.6. The van der Waals surface area contributed by atoms with E-state index in [9.17, 15) is 40.1 Å². The second-order valence-electron chi connectivity index (χ2n) is 7.92. The van der Waals surface area contributed by atoms with E-state index >= 15 is 0 Å². The van der Waals surface area contributed by atoms with Gasteiger partial charge in [0, 0.05) is 6.54 Å². The van der Waals surface area contributed by atoms with Crippen LogP contribution in [0.4, 0.5) is 35.3 Å². The van der Waals surface area contributed by atoms with Gasteiger partial charge in [0.1, 0.15) is 8.07 Å². The topological polar surface area (TPSA) is 38.3 Å². The van der Waals surface area contributed by atoms with E-state index in [1.54, 1.807) is 5.32 Å². The molecular weight excluding hydrogens is 466 g/mol. The SMILES string of the molecule is C=C[Si](C)(C)c1cccc(CCCCCNC(=O)C(C(F)(F)F)C(F)(OF)C(F)(F)F)c1. The monoisotopic (exact) mass is 491 g/mol. The Bertz CT molecular complexity index is 782. The quantitative estimate of drug-likeness (QED) is 0.254. The number of hydrogen-bond donors (Lipinski definition) is 1. The molecule has 182 valence electrons. The van der Waals surface area contributed by atoms with E-state index in [4.69, 9.17) is 0 Å². The second kappa shape index (κ2) is 10.8. The van der Waals surface area contributed by atoms with Gasteiger partial charge in [0.25, 0.3) is 0 Å². The molecule has 1 amide bonds. The molecule has 0 bridgehead atoms. The highest BCUT2D eigenvalue weighted by atomic mass is 28.3. The molecular formula is C20H25F8NO2Si. The Hall–Kier alpha value is -1.95. The molecule has 0 spiro atoms. The third-order valence-electron chi connectivity index (χ3n) is 5.08. The summed E-state index contributed by atoms with van der Waals surface area (Å²) in [5, 5.41) is 2.77. The molecule has 3 nitrogen and oxygen atoms in total. The first-order valence-electron chi connectivity index (χ1n) is 9.73. The summed E-state index contributed by atoms with van der Waals surface area (Å²) >= 11 is 0. The highest BCUT2D eigenvalue weighted by Gasteiger charge is 2.73. The van der Waals surface area contributed by atoms with Gasteiger partial charge < -0.3 is 5.32 Å².